The summed E-state index contributed by atoms with van der Waals surface area (Å²) in [7, 11) is 0. The maximum atomic E-state index is 12.5. The molecule has 1 aromatic carbocycles. The number of phenols is 1. The van der Waals surface area contributed by atoms with Crippen LogP contribution in [0.5, 0.6) is 11.5 Å². The monoisotopic (exact) mass is 402 g/mol. The van der Waals surface area contributed by atoms with E-state index in [9.17, 15) is 18.3 Å². The van der Waals surface area contributed by atoms with Crippen LogP contribution < -0.4 is 10.1 Å². The van der Waals surface area contributed by atoms with E-state index in [1.54, 1.807) is 6.07 Å². The summed E-state index contributed by atoms with van der Waals surface area (Å²) in [6.07, 6.45) is -1.63. The molecule has 1 aliphatic heterocycles. The Bertz CT molecular complexity index is 551. The van der Waals surface area contributed by atoms with Gasteiger partial charge in [-0.2, -0.15) is 0 Å². The van der Waals surface area contributed by atoms with Crippen LogP contribution in [0.15, 0.2) is 18.2 Å². The maximum Gasteiger partial charge on any atom is 0.573 e. The van der Waals surface area contributed by atoms with Crippen molar-refractivity contribution in [3.05, 3.63) is 23.8 Å². The fourth-order valence-corrected chi connectivity index (χ4v) is 3.15. The Morgan fingerprint density at radius 3 is 2.40 bits per heavy atom. The number of piperazine rings is 1. The number of phenolic OH excluding ortho intramolecular Hbond substituents is 1. The maximum absolute atomic E-state index is 12.5. The average molecular weight is 403 g/mol. The highest BCUT2D eigenvalue weighted by atomic mass is 35.5. The molecule has 144 valence electrons. The first-order valence-electron chi connectivity index (χ1n) is 7.96. The van der Waals surface area contributed by atoms with Crippen LogP contribution in [0.1, 0.15) is 30.9 Å². The smallest absolute Gasteiger partial charge is 0.504 e. The number of nitrogens with one attached hydrogen (secondary N) is 1. The third-order valence-electron chi connectivity index (χ3n) is 4.46. The first-order valence-corrected chi connectivity index (χ1v) is 7.96. The van der Waals surface area contributed by atoms with Crippen molar-refractivity contribution < 1.29 is 23.0 Å². The second kappa shape index (κ2) is 9.16. The molecule has 2 fully saturated rings. The van der Waals surface area contributed by atoms with E-state index >= 15 is 0 Å². The molecular weight excluding hydrogens is 380 g/mol. The van der Waals surface area contributed by atoms with Crippen LogP contribution >= 0.6 is 24.8 Å². The van der Waals surface area contributed by atoms with Crippen molar-refractivity contribution >= 4 is 24.8 Å². The van der Waals surface area contributed by atoms with E-state index in [-0.39, 0.29) is 30.9 Å². The van der Waals surface area contributed by atoms with Crippen molar-refractivity contribution in [2.75, 3.05) is 26.2 Å². The van der Waals surface area contributed by atoms with Gasteiger partial charge in [0.15, 0.2) is 11.5 Å². The van der Waals surface area contributed by atoms with E-state index in [0.29, 0.717) is 11.5 Å². The molecule has 0 radical (unpaired) electrons. The SMILES string of the molecule is Cl.Cl.Oc1c(OC(F)(F)F)cccc1[C@H](CC1CC1)N1CCNCC1. The molecule has 1 heterocycles. The van der Waals surface area contributed by atoms with Crippen LogP contribution in [0, 0.1) is 5.92 Å². The minimum atomic E-state index is -4.81. The van der Waals surface area contributed by atoms with Crippen molar-refractivity contribution in [1.29, 1.82) is 0 Å². The molecule has 25 heavy (non-hydrogen) atoms. The van der Waals surface area contributed by atoms with E-state index in [1.807, 2.05) is 0 Å². The van der Waals surface area contributed by atoms with Gasteiger partial charge in [0.1, 0.15) is 0 Å². The number of hydrogen-bond acceptors (Lipinski definition) is 4. The molecule has 1 saturated heterocycles. The molecule has 1 atom stereocenters. The van der Waals surface area contributed by atoms with Gasteiger partial charge in [-0.05, 0) is 18.4 Å². The van der Waals surface area contributed by atoms with Crippen molar-refractivity contribution in [3.63, 3.8) is 0 Å². The Labute approximate surface area is 157 Å². The van der Waals surface area contributed by atoms with Crippen LogP contribution in [0.2, 0.25) is 0 Å². The number of hydrogen-bond donors (Lipinski definition) is 2. The van der Waals surface area contributed by atoms with Gasteiger partial charge in [0.2, 0.25) is 0 Å². The summed E-state index contributed by atoms with van der Waals surface area (Å²) >= 11 is 0. The van der Waals surface area contributed by atoms with Gasteiger partial charge in [-0.25, -0.2) is 0 Å². The molecule has 0 bridgehead atoms. The van der Waals surface area contributed by atoms with Gasteiger partial charge in [0.25, 0.3) is 0 Å². The molecule has 2 aliphatic rings. The zero-order valence-corrected chi connectivity index (χ0v) is 15.2. The second-order valence-electron chi connectivity index (χ2n) is 6.22. The first-order chi connectivity index (χ1) is 10.9. The molecular formula is C16H23Cl2F3N2O2. The fraction of sp³-hybridized carbons (Fsp3) is 0.625. The lowest BCUT2D eigenvalue weighted by atomic mass is 9.97. The van der Waals surface area contributed by atoms with E-state index in [4.69, 9.17) is 0 Å². The van der Waals surface area contributed by atoms with Gasteiger partial charge in [-0.15, -0.1) is 38.0 Å². The van der Waals surface area contributed by atoms with Crippen LogP contribution in [-0.4, -0.2) is 42.5 Å². The molecule has 2 N–H and O–H groups in total. The summed E-state index contributed by atoms with van der Waals surface area (Å²) in [6, 6.07) is 4.30. The number of para-hydroxylation sites is 1. The average Bonchev–Trinajstić information content (AvgIpc) is 3.31. The van der Waals surface area contributed by atoms with E-state index in [1.165, 1.54) is 6.07 Å². The van der Waals surface area contributed by atoms with Gasteiger partial charge in [0.05, 0.1) is 0 Å². The molecule has 1 aromatic rings. The van der Waals surface area contributed by atoms with Crippen molar-refractivity contribution in [2.24, 2.45) is 5.92 Å². The second-order valence-corrected chi connectivity index (χ2v) is 6.22. The van der Waals surface area contributed by atoms with Gasteiger partial charge < -0.3 is 15.2 Å². The molecule has 0 unspecified atom stereocenters. The Balaban J connectivity index is 0.00000156. The lowest BCUT2D eigenvalue weighted by Gasteiger charge is -2.35. The van der Waals surface area contributed by atoms with Crippen molar-refractivity contribution in [2.45, 2.75) is 31.7 Å². The van der Waals surface area contributed by atoms with Crippen molar-refractivity contribution in [3.8, 4) is 11.5 Å². The Hall–Kier alpha value is -0.890. The van der Waals surface area contributed by atoms with Crippen LogP contribution in [0.4, 0.5) is 13.2 Å². The highest BCUT2D eigenvalue weighted by molar-refractivity contribution is 5.85. The van der Waals surface area contributed by atoms with Crippen LogP contribution in [-0.2, 0) is 0 Å². The van der Waals surface area contributed by atoms with Gasteiger partial charge in [-0.1, -0.05) is 25.0 Å². The molecule has 0 amide bonds. The minimum Gasteiger partial charge on any atom is -0.504 e. The third-order valence-corrected chi connectivity index (χ3v) is 4.46. The molecule has 0 aromatic heterocycles. The summed E-state index contributed by atoms with van der Waals surface area (Å²) in [6.45, 7) is 3.34. The Morgan fingerprint density at radius 1 is 1.20 bits per heavy atom. The number of halogens is 5. The quantitative estimate of drug-likeness (QED) is 0.784. The number of benzene rings is 1. The summed E-state index contributed by atoms with van der Waals surface area (Å²) in [5, 5.41) is 13.6. The predicted molar refractivity (Wildman–Crippen MR) is 93.8 cm³/mol. The highest BCUT2D eigenvalue weighted by Crippen LogP contribution is 2.45. The standard InChI is InChI=1S/C16H21F3N2O2.2ClH/c17-16(18,19)23-14-3-1-2-12(15(14)22)13(10-11-4-5-11)21-8-6-20-7-9-21;;/h1-3,11,13,20,22H,4-10H2;2*1H/t13-;;/m0../s1. The first kappa shape index (κ1) is 22.2. The van der Waals surface area contributed by atoms with Gasteiger partial charge in [-0.3, -0.25) is 4.90 Å². The van der Waals surface area contributed by atoms with Crippen molar-refractivity contribution in [1.82, 2.24) is 10.2 Å². The number of aromatic hydroxyl groups is 1. The van der Waals surface area contributed by atoms with Crippen LogP contribution in [0.25, 0.3) is 0 Å². The minimum absolute atomic E-state index is 0. The molecule has 9 heteroatoms. The van der Waals surface area contributed by atoms with Gasteiger partial charge in [0, 0.05) is 37.8 Å². The summed E-state index contributed by atoms with van der Waals surface area (Å²) in [5.41, 5.74) is 0.528. The number of ether oxygens (including phenoxy) is 1. The third kappa shape index (κ3) is 6.09. The lowest BCUT2D eigenvalue weighted by Crippen LogP contribution is -2.45. The summed E-state index contributed by atoms with van der Waals surface area (Å²) < 4.78 is 41.4. The topological polar surface area (TPSA) is 44.7 Å². The van der Waals surface area contributed by atoms with Gasteiger partial charge >= 0.3 is 6.36 Å². The largest absolute Gasteiger partial charge is 0.573 e. The molecule has 4 nitrogen and oxygen atoms in total. The Kier molecular flexibility index (Phi) is 8.12. The predicted octanol–water partition coefficient (Wildman–Crippen LogP) is 3.88. The number of nitrogens with zero attached hydrogens (tertiary/aromatic N) is 1. The normalized spacial score (nSPS) is 19.5. The molecule has 1 saturated carbocycles. The zero-order valence-electron chi connectivity index (χ0n) is 13.6. The molecule has 1 aliphatic carbocycles. The Morgan fingerprint density at radius 2 is 1.84 bits per heavy atom. The van der Waals surface area contributed by atoms with Crippen LogP contribution in [0.3, 0.4) is 0 Å². The van der Waals surface area contributed by atoms with E-state index in [0.717, 1.165) is 51.5 Å². The fourth-order valence-electron chi connectivity index (χ4n) is 3.15. The zero-order chi connectivity index (χ0) is 16.4. The summed E-state index contributed by atoms with van der Waals surface area (Å²) in [5.74, 6) is -0.318. The molecule has 0 spiro atoms. The highest BCUT2D eigenvalue weighted by Gasteiger charge is 2.35. The number of rotatable bonds is 5. The van der Waals surface area contributed by atoms with E-state index < -0.39 is 17.9 Å². The lowest BCUT2D eigenvalue weighted by molar-refractivity contribution is -0.275. The van der Waals surface area contributed by atoms with E-state index in [2.05, 4.69) is 15.0 Å². The summed E-state index contributed by atoms with van der Waals surface area (Å²) in [4.78, 5) is 2.24. The molecule has 3 rings (SSSR count). The number of alkyl halides is 3.